The molecule has 0 saturated heterocycles. The first-order valence-corrected chi connectivity index (χ1v) is 7.33. The fraction of sp³-hybridized carbons (Fsp3) is 0.375. The molecule has 0 amide bonds. The van der Waals surface area contributed by atoms with Gasteiger partial charge in [-0.25, -0.2) is 9.97 Å². The van der Waals surface area contributed by atoms with Gasteiger partial charge < -0.3 is 4.74 Å². The summed E-state index contributed by atoms with van der Waals surface area (Å²) in [7, 11) is 0. The average molecular weight is 289 g/mol. The van der Waals surface area contributed by atoms with E-state index < -0.39 is 0 Å². The lowest BCUT2D eigenvalue weighted by atomic mass is 10.2. The SMILES string of the molecule is CC(C)Oc1cccc(-c2nc(Cl)c3c(n2)CCC3)c1. The van der Waals surface area contributed by atoms with Gasteiger partial charge >= 0.3 is 0 Å². The van der Waals surface area contributed by atoms with E-state index in [0.29, 0.717) is 11.0 Å². The van der Waals surface area contributed by atoms with Crippen molar-refractivity contribution in [1.29, 1.82) is 0 Å². The van der Waals surface area contributed by atoms with Crippen LogP contribution in [0.2, 0.25) is 5.15 Å². The second kappa shape index (κ2) is 5.41. The Bertz CT molecular complexity index is 640. The van der Waals surface area contributed by atoms with E-state index in [1.807, 2.05) is 38.1 Å². The first kappa shape index (κ1) is 13.4. The summed E-state index contributed by atoms with van der Waals surface area (Å²) in [5.41, 5.74) is 3.15. The summed E-state index contributed by atoms with van der Waals surface area (Å²) < 4.78 is 5.71. The van der Waals surface area contributed by atoms with Gasteiger partial charge in [-0.3, -0.25) is 0 Å². The van der Waals surface area contributed by atoms with Crippen LogP contribution in [-0.4, -0.2) is 16.1 Å². The minimum atomic E-state index is 0.148. The van der Waals surface area contributed by atoms with Crippen molar-refractivity contribution in [2.75, 3.05) is 0 Å². The van der Waals surface area contributed by atoms with Gasteiger partial charge in [-0.15, -0.1) is 0 Å². The molecule has 3 nitrogen and oxygen atoms in total. The Kier molecular flexibility index (Phi) is 3.62. The molecule has 1 aliphatic rings. The quantitative estimate of drug-likeness (QED) is 0.799. The number of hydrogen-bond donors (Lipinski definition) is 0. The van der Waals surface area contributed by atoms with Crippen molar-refractivity contribution < 1.29 is 4.74 Å². The zero-order chi connectivity index (χ0) is 14.1. The standard InChI is InChI=1S/C16H17ClN2O/c1-10(2)20-12-6-3-5-11(9-12)16-18-14-8-4-7-13(14)15(17)19-16/h3,5-6,9-10H,4,7-8H2,1-2H3. The summed E-state index contributed by atoms with van der Waals surface area (Å²) in [5, 5.41) is 0.595. The van der Waals surface area contributed by atoms with Gasteiger partial charge in [0.25, 0.3) is 0 Å². The highest BCUT2D eigenvalue weighted by Crippen LogP contribution is 2.30. The third-order valence-corrected chi connectivity index (χ3v) is 3.66. The Morgan fingerprint density at radius 1 is 1.20 bits per heavy atom. The summed E-state index contributed by atoms with van der Waals surface area (Å²) >= 11 is 6.27. The van der Waals surface area contributed by atoms with Crippen LogP contribution in [0.3, 0.4) is 0 Å². The molecule has 0 spiro atoms. The molecule has 1 aromatic carbocycles. The van der Waals surface area contributed by atoms with Gasteiger partial charge in [-0.2, -0.15) is 0 Å². The maximum absolute atomic E-state index is 6.27. The second-order valence-electron chi connectivity index (χ2n) is 5.31. The van der Waals surface area contributed by atoms with Gasteiger partial charge in [0.2, 0.25) is 0 Å². The molecule has 0 N–H and O–H groups in total. The first-order valence-electron chi connectivity index (χ1n) is 6.96. The van der Waals surface area contributed by atoms with Gasteiger partial charge in [0, 0.05) is 16.8 Å². The average Bonchev–Trinajstić information content (AvgIpc) is 2.87. The van der Waals surface area contributed by atoms with E-state index >= 15 is 0 Å². The molecule has 0 fully saturated rings. The summed E-state index contributed by atoms with van der Waals surface area (Å²) in [5.74, 6) is 1.52. The topological polar surface area (TPSA) is 35.0 Å². The van der Waals surface area contributed by atoms with Gasteiger partial charge in [-0.05, 0) is 45.2 Å². The van der Waals surface area contributed by atoms with Crippen molar-refractivity contribution in [2.24, 2.45) is 0 Å². The number of halogens is 1. The molecule has 1 aliphatic carbocycles. The number of hydrogen-bond acceptors (Lipinski definition) is 3. The zero-order valence-electron chi connectivity index (χ0n) is 11.7. The highest BCUT2D eigenvalue weighted by molar-refractivity contribution is 6.30. The van der Waals surface area contributed by atoms with Crippen molar-refractivity contribution in [3.8, 4) is 17.1 Å². The second-order valence-corrected chi connectivity index (χ2v) is 5.67. The summed E-state index contributed by atoms with van der Waals surface area (Å²) in [6.07, 6.45) is 3.25. The maximum Gasteiger partial charge on any atom is 0.161 e. The molecule has 3 rings (SSSR count). The summed E-state index contributed by atoms with van der Waals surface area (Å²) in [4.78, 5) is 9.09. The molecular formula is C16H17ClN2O. The number of ether oxygens (including phenoxy) is 1. The predicted octanol–water partition coefficient (Wildman–Crippen LogP) is 4.07. The largest absolute Gasteiger partial charge is 0.491 e. The molecule has 0 unspecified atom stereocenters. The number of rotatable bonds is 3. The zero-order valence-corrected chi connectivity index (χ0v) is 12.4. The van der Waals surface area contributed by atoms with Crippen LogP contribution >= 0.6 is 11.6 Å². The molecule has 1 heterocycles. The predicted molar refractivity (Wildman–Crippen MR) is 80.3 cm³/mol. The van der Waals surface area contributed by atoms with Crippen LogP contribution < -0.4 is 4.74 Å². The molecule has 2 aromatic rings. The number of aromatic nitrogens is 2. The van der Waals surface area contributed by atoms with E-state index in [0.717, 1.165) is 41.8 Å². The molecule has 0 atom stereocenters. The molecule has 0 bridgehead atoms. The minimum absolute atomic E-state index is 0.148. The van der Waals surface area contributed by atoms with E-state index in [-0.39, 0.29) is 6.10 Å². The Hall–Kier alpha value is -1.61. The van der Waals surface area contributed by atoms with Crippen LogP contribution in [0.5, 0.6) is 5.75 Å². The van der Waals surface area contributed by atoms with Gasteiger partial charge in [0.1, 0.15) is 10.9 Å². The molecular weight excluding hydrogens is 272 g/mol. The molecule has 104 valence electrons. The van der Waals surface area contributed by atoms with E-state index in [9.17, 15) is 0 Å². The number of fused-ring (bicyclic) bond motifs is 1. The van der Waals surface area contributed by atoms with Gasteiger partial charge in [-0.1, -0.05) is 23.7 Å². The van der Waals surface area contributed by atoms with Crippen LogP contribution in [0.4, 0.5) is 0 Å². The van der Waals surface area contributed by atoms with Crippen molar-refractivity contribution >= 4 is 11.6 Å². The Labute approximate surface area is 124 Å². The van der Waals surface area contributed by atoms with Crippen molar-refractivity contribution in [3.05, 3.63) is 40.7 Å². The van der Waals surface area contributed by atoms with Crippen LogP contribution in [-0.2, 0) is 12.8 Å². The fourth-order valence-corrected chi connectivity index (χ4v) is 2.78. The lowest BCUT2D eigenvalue weighted by molar-refractivity contribution is 0.242. The Balaban J connectivity index is 1.99. The van der Waals surface area contributed by atoms with E-state index in [1.165, 1.54) is 0 Å². The first-order chi connectivity index (χ1) is 9.63. The molecule has 0 aliphatic heterocycles. The number of benzene rings is 1. The third kappa shape index (κ3) is 2.63. The van der Waals surface area contributed by atoms with Crippen molar-refractivity contribution in [1.82, 2.24) is 9.97 Å². The number of aryl methyl sites for hydroxylation is 1. The lowest BCUT2D eigenvalue weighted by Crippen LogP contribution is -2.05. The maximum atomic E-state index is 6.27. The van der Waals surface area contributed by atoms with Crippen molar-refractivity contribution in [2.45, 2.75) is 39.2 Å². The highest BCUT2D eigenvalue weighted by atomic mass is 35.5. The van der Waals surface area contributed by atoms with E-state index in [4.69, 9.17) is 16.3 Å². The summed E-state index contributed by atoms with van der Waals surface area (Å²) in [6.45, 7) is 4.02. The Morgan fingerprint density at radius 2 is 2.05 bits per heavy atom. The van der Waals surface area contributed by atoms with Crippen LogP contribution in [0.15, 0.2) is 24.3 Å². The molecule has 20 heavy (non-hydrogen) atoms. The van der Waals surface area contributed by atoms with Crippen LogP contribution in [0.25, 0.3) is 11.4 Å². The fourth-order valence-electron chi connectivity index (χ4n) is 2.50. The van der Waals surface area contributed by atoms with Crippen LogP contribution in [0.1, 0.15) is 31.5 Å². The van der Waals surface area contributed by atoms with E-state index in [1.54, 1.807) is 0 Å². The molecule has 0 radical (unpaired) electrons. The lowest BCUT2D eigenvalue weighted by Gasteiger charge is -2.11. The minimum Gasteiger partial charge on any atom is -0.491 e. The summed E-state index contributed by atoms with van der Waals surface area (Å²) in [6, 6.07) is 7.85. The van der Waals surface area contributed by atoms with Gasteiger partial charge in [0.15, 0.2) is 5.82 Å². The molecule has 0 saturated carbocycles. The number of nitrogens with zero attached hydrogens (tertiary/aromatic N) is 2. The smallest absolute Gasteiger partial charge is 0.161 e. The van der Waals surface area contributed by atoms with E-state index in [2.05, 4.69) is 9.97 Å². The van der Waals surface area contributed by atoms with Crippen LogP contribution in [0, 0.1) is 0 Å². The van der Waals surface area contributed by atoms with Gasteiger partial charge in [0.05, 0.1) is 6.10 Å². The molecule has 1 aromatic heterocycles. The van der Waals surface area contributed by atoms with Crippen molar-refractivity contribution in [3.63, 3.8) is 0 Å². The normalized spacial score (nSPS) is 13.6. The highest BCUT2D eigenvalue weighted by Gasteiger charge is 2.18. The monoisotopic (exact) mass is 288 g/mol. The Morgan fingerprint density at radius 3 is 2.85 bits per heavy atom. The molecule has 4 heteroatoms. The third-order valence-electron chi connectivity index (χ3n) is 3.35.